The van der Waals surface area contributed by atoms with Gasteiger partial charge in [-0.1, -0.05) is 30.3 Å². The Bertz CT molecular complexity index is 588. The van der Waals surface area contributed by atoms with Crippen molar-refractivity contribution in [3.63, 3.8) is 0 Å². The van der Waals surface area contributed by atoms with E-state index in [1.54, 1.807) is 7.11 Å². The molecule has 27 heavy (non-hydrogen) atoms. The maximum atomic E-state index is 12.6. The maximum absolute atomic E-state index is 12.6. The summed E-state index contributed by atoms with van der Waals surface area (Å²) < 4.78 is 4.98. The molecule has 0 aromatic heterocycles. The number of nitrogens with zero attached hydrogens (tertiary/aromatic N) is 2. The molecule has 7 nitrogen and oxygen atoms in total. The third-order valence-corrected chi connectivity index (χ3v) is 4.99. The second kappa shape index (κ2) is 11.0. The van der Waals surface area contributed by atoms with Crippen molar-refractivity contribution in [1.29, 1.82) is 0 Å². The topological polar surface area (TPSA) is 87.9 Å². The number of nitrogens with one attached hydrogen (secondary N) is 1. The zero-order chi connectivity index (χ0) is 19.6. The summed E-state index contributed by atoms with van der Waals surface area (Å²) in [7, 11) is 1.65. The van der Waals surface area contributed by atoms with Crippen LogP contribution in [0.25, 0.3) is 0 Å². The molecular weight excluding hydrogens is 344 g/mol. The Labute approximate surface area is 161 Å². The van der Waals surface area contributed by atoms with E-state index in [2.05, 4.69) is 10.2 Å². The molecule has 1 aliphatic heterocycles. The summed E-state index contributed by atoms with van der Waals surface area (Å²) in [5.41, 5.74) is 7.19. The number of hydrogen-bond acceptors (Lipinski definition) is 5. The van der Waals surface area contributed by atoms with E-state index >= 15 is 0 Å². The molecule has 2 rings (SSSR count). The molecule has 1 fully saturated rings. The van der Waals surface area contributed by atoms with Crippen molar-refractivity contribution < 1.29 is 14.3 Å². The SMILES string of the molecule is COCCCNC(=O)C(C)N1CCN(C(=O)C(N)Cc2ccccc2)CC1. The van der Waals surface area contributed by atoms with Gasteiger partial charge in [-0.2, -0.15) is 0 Å². The van der Waals surface area contributed by atoms with Crippen LogP contribution in [0.5, 0.6) is 0 Å². The minimum atomic E-state index is -0.527. The fourth-order valence-corrected chi connectivity index (χ4v) is 3.26. The first-order valence-corrected chi connectivity index (χ1v) is 9.62. The van der Waals surface area contributed by atoms with E-state index in [0.717, 1.165) is 12.0 Å². The van der Waals surface area contributed by atoms with Crippen LogP contribution < -0.4 is 11.1 Å². The highest BCUT2D eigenvalue weighted by molar-refractivity contribution is 5.82. The quantitative estimate of drug-likeness (QED) is 0.603. The summed E-state index contributed by atoms with van der Waals surface area (Å²) in [6.07, 6.45) is 1.34. The average Bonchev–Trinajstić information content (AvgIpc) is 2.70. The molecule has 0 saturated carbocycles. The molecule has 0 bridgehead atoms. The lowest BCUT2D eigenvalue weighted by atomic mass is 10.1. The monoisotopic (exact) mass is 376 g/mol. The van der Waals surface area contributed by atoms with E-state index in [1.165, 1.54) is 0 Å². The van der Waals surface area contributed by atoms with Gasteiger partial charge in [0, 0.05) is 46.4 Å². The van der Waals surface area contributed by atoms with E-state index < -0.39 is 6.04 Å². The number of hydrogen-bond donors (Lipinski definition) is 2. The molecule has 0 aliphatic carbocycles. The van der Waals surface area contributed by atoms with Gasteiger partial charge < -0.3 is 20.7 Å². The van der Waals surface area contributed by atoms with Gasteiger partial charge in [0.15, 0.2) is 0 Å². The molecule has 1 saturated heterocycles. The molecule has 150 valence electrons. The largest absolute Gasteiger partial charge is 0.385 e. The Morgan fingerprint density at radius 2 is 1.85 bits per heavy atom. The number of piperazine rings is 1. The van der Waals surface area contributed by atoms with Crippen molar-refractivity contribution in [2.24, 2.45) is 5.73 Å². The number of nitrogens with two attached hydrogens (primary N) is 1. The molecule has 0 radical (unpaired) electrons. The highest BCUT2D eigenvalue weighted by Crippen LogP contribution is 2.10. The van der Waals surface area contributed by atoms with Gasteiger partial charge in [-0.05, 0) is 25.3 Å². The lowest BCUT2D eigenvalue weighted by Gasteiger charge is -2.38. The Kier molecular flexibility index (Phi) is 8.71. The van der Waals surface area contributed by atoms with Crippen molar-refractivity contribution in [1.82, 2.24) is 15.1 Å². The van der Waals surface area contributed by atoms with E-state index in [1.807, 2.05) is 42.2 Å². The zero-order valence-corrected chi connectivity index (χ0v) is 16.4. The minimum absolute atomic E-state index is 0.0184. The first-order valence-electron chi connectivity index (χ1n) is 9.62. The first-order chi connectivity index (χ1) is 13.0. The second-order valence-electron chi connectivity index (χ2n) is 6.97. The molecule has 1 heterocycles. The molecule has 1 aromatic carbocycles. The van der Waals surface area contributed by atoms with Crippen LogP contribution in [0, 0.1) is 0 Å². The summed E-state index contributed by atoms with van der Waals surface area (Å²) in [5.74, 6) is 0.00170. The van der Waals surface area contributed by atoms with Crippen LogP contribution in [0.1, 0.15) is 18.9 Å². The predicted molar refractivity (Wildman–Crippen MR) is 105 cm³/mol. The third kappa shape index (κ3) is 6.61. The predicted octanol–water partition coefficient (Wildman–Crippen LogP) is 0.242. The van der Waals surface area contributed by atoms with E-state index in [0.29, 0.717) is 45.8 Å². The smallest absolute Gasteiger partial charge is 0.239 e. The summed E-state index contributed by atoms with van der Waals surface area (Å²) in [4.78, 5) is 28.8. The summed E-state index contributed by atoms with van der Waals surface area (Å²) in [5, 5.41) is 2.93. The van der Waals surface area contributed by atoms with Crippen LogP contribution in [-0.2, 0) is 20.7 Å². The van der Waals surface area contributed by atoms with Gasteiger partial charge in [-0.25, -0.2) is 0 Å². The van der Waals surface area contributed by atoms with Gasteiger partial charge in [0.25, 0.3) is 0 Å². The van der Waals surface area contributed by atoms with Crippen LogP contribution in [0.2, 0.25) is 0 Å². The number of carbonyl (C=O) groups excluding carboxylic acids is 2. The Hall–Kier alpha value is -1.96. The van der Waals surface area contributed by atoms with Crippen LogP contribution in [-0.4, -0.2) is 80.1 Å². The zero-order valence-electron chi connectivity index (χ0n) is 16.4. The van der Waals surface area contributed by atoms with Crippen LogP contribution in [0.15, 0.2) is 30.3 Å². The molecular formula is C20H32N4O3. The lowest BCUT2D eigenvalue weighted by Crippen LogP contribution is -2.57. The van der Waals surface area contributed by atoms with Crippen LogP contribution in [0.4, 0.5) is 0 Å². The number of methoxy groups -OCH3 is 1. The van der Waals surface area contributed by atoms with Gasteiger partial charge in [-0.15, -0.1) is 0 Å². The van der Waals surface area contributed by atoms with Crippen molar-refractivity contribution in [3.8, 4) is 0 Å². The van der Waals surface area contributed by atoms with Crippen LogP contribution in [0.3, 0.4) is 0 Å². The summed E-state index contributed by atoms with van der Waals surface area (Å²) in [6.45, 7) is 5.71. The van der Waals surface area contributed by atoms with E-state index in [-0.39, 0.29) is 17.9 Å². The summed E-state index contributed by atoms with van der Waals surface area (Å²) >= 11 is 0. The van der Waals surface area contributed by atoms with Gasteiger partial charge in [-0.3, -0.25) is 14.5 Å². The fraction of sp³-hybridized carbons (Fsp3) is 0.600. The van der Waals surface area contributed by atoms with Crippen molar-refractivity contribution in [2.75, 3.05) is 46.4 Å². The van der Waals surface area contributed by atoms with Gasteiger partial charge in [0.2, 0.25) is 11.8 Å². The standard InChI is InChI=1S/C20H32N4O3/c1-16(19(25)22-9-6-14-27-2)23-10-12-24(13-11-23)20(26)18(21)15-17-7-4-3-5-8-17/h3-5,7-8,16,18H,6,9-15,21H2,1-2H3,(H,22,25). The fourth-order valence-electron chi connectivity index (χ4n) is 3.26. The van der Waals surface area contributed by atoms with Crippen LogP contribution >= 0.6 is 0 Å². The summed E-state index contributed by atoms with van der Waals surface area (Å²) in [6, 6.07) is 9.09. The van der Waals surface area contributed by atoms with E-state index in [4.69, 9.17) is 10.5 Å². The number of amides is 2. The second-order valence-corrected chi connectivity index (χ2v) is 6.97. The molecule has 1 aliphatic rings. The number of benzene rings is 1. The molecule has 0 spiro atoms. The molecule has 2 unspecified atom stereocenters. The maximum Gasteiger partial charge on any atom is 0.239 e. The van der Waals surface area contributed by atoms with Crippen molar-refractivity contribution in [3.05, 3.63) is 35.9 Å². The van der Waals surface area contributed by atoms with Crippen molar-refractivity contribution >= 4 is 11.8 Å². The van der Waals surface area contributed by atoms with Gasteiger partial charge in [0.05, 0.1) is 12.1 Å². The lowest BCUT2D eigenvalue weighted by molar-refractivity contribution is -0.135. The first kappa shape index (κ1) is 21.3. The minimum Gasteiger partial charge on any atom is -0.385 e. The van der Waals surface area contributed by atoms with Crippen molar-refractivity contribution in [2.45, 2.75) is 31.8 Å². The third-order valence-electron chi connectivity index (χ3n) is 4.99. The Morgan fingerprint density at radius 3 is 2.48 bits per heavy atom. The van der Waals surface area contributed by atoms with Gasteiger partial charge in [0.1, 0.15) is 0 Å². The molecule has 3 N–H and O–H groups in total. The van der Waals surface area contributed by atoms with E-state index in [9.17, 15) is 9.59 Å². The number of carbonyl (C=O) groups is 2. The normalized spacial score (nSPS) is 17.4. The average molecular weight is 377 g/mol. The highest BCUT2D eigenvalue weighted by Gasteiger charge is 2.29. The Balaban J connectivity index is 1.75. The highest BCUT2D eigenvalue weighted by atomic mass is 16.5. The molecule has 2 amide bonds. The van der Waals surface area contributed by atoms with Gasteiger partial charge >= 0.3 is 0 Å². The number of ether oxygens (including phenoxy) is 1. The molecule has 2 atom stereocenters. The number of rotatable bonds is 9. The Morgan fingerprint density at radius 1 is 1.19 bits per heavy atom. The molecule has 1 aromatic rings. The molecule has 7 heteroatoms.